The maximum Gasteiger partial charge on any atom is 0.258 e. The largest absolute Gasteiger partial charge is 0.493 e. The van der Waals surface area contributed by atoms with Gasteiger partial charge in [-0.2, -0.15) is 4.98 Å². The van der Waals surface area contributed by atoms with Gasteiger partial charge in [-0.3, -0.25) is 4.79 Å². The number of nitrogens with zero attached hydrogens (tertiary/aromatic N) is 2. The highest BCUT2D eigenvalue weighted by atomic mass is 16.5. The van der Waals surface area contributed by atoms with Crippen LogP contribution in [0.1, 0.15) is 5.89 Å². The van der Waals surface area contributed by atoms with E-state index < -0.39 is 0 Å². The fourth-order valence-electron chi connectivity index (χ4n) is 3.05. The maximum absolute atomic E-state index is 12.1. The zero-order chi connectivity index (χ0) is 21.6. The van der Waals surface area contributed by atoms with Crippen LogP contribution in [0.25, 0.3) is 22.2 Å². The minimum absolute atomic E-state index is 0.0974. The van der Waals surface area contributed by atoms with Crippen molar-refractivity contribution in [1.29, 1.82) is 0 Å². The molecule has 4 aromatic rings. The summed E-state index contributed by atoms with van der Waals surface area (Å²) < 4.78 is 21.3. The van der Waals surface area contributed by atoms with Crippen molar-refractivity contribution in [1.82, 2.24) is 15.5 Å². The molecule has 0 unspecified atom stereocenters. The third-order valence-electron chi connectivity index (χ3n) is 4.64. The number of hydrogen-bond donors (Lipinski definition) is 1. The topological polar surface area (TPSA) is 95.7 Å². The van der Waals surface area contributed by atoms with Crippen LogP contribution in [0.5, 0.6) is 17.2 Å². The smallest absolute Gasteiger partial charge is 0.258 e. The molecule has 1 aromatic heterocycles. The Kier molecular flexibility index (Phi) is 5.98. The molecule has 0 fully saturated rings. The van der Waals surface area contributed by atoms with Gasteiger partial charge >= 0.3 is 0 Å². The van der Waals surface area contributed by atoms with Gasteiger partial charge in [-0.05, 0) is 41.1 Å². The first-order valence-corrected chi connectivity index (χ1v) is 9.59. The molecule has 0 aliphatic heterocycles. The van der Waals surface area contributed by atoms with Gasteiger partial charge in [0.25, 0.3) is 5.91 Å². The molecule has 1 N–H and O–H groups in total. The van der Waals surface area contributed by atoms with E-state index in [1.54, 1.807) is 32.4 Å². The van der Waals surface area contributed by atoms with Gasteiger partial charge in [-0.15, -0.1) is 0 Å². The van der Waals surface area contributed by atoms with Gasteiger partial charge in [0.05, 0.1) is 20.8 Å². The van der Waals surface area contributed by atoms with Gasteiger partial charge in [0.2, 0.25) is 11.7 Å². The van der Waals surface area contributed by atoms with Gasteiger partial charge in [0.1, 0.15) is 5.75 Å². The normalized spacial score (nSPS) is 10.6. The molecular formula is C23H21N3O5. The standard InChI is InChI=1S/C23H21N3O5/c1-28-19-10-8-17(12-20(19)29-2)23-25-22(31-26-23)13-24-21(27)14-30-18-9-7-15-5-3-4-6-16(15)11-18/h3-12H,13-14H2,1-2H3,(H,24,27). The molecule has 0 spiro atoms. The Labute approximate surface area is 178 Å². The second-order valence-electron chi connectivity index (χ2n) is 6.66. The van der Waals surface area contributed by atoms with E-state index in [-0.39, 0.29) is 24.9 Å². The van der Waals surface area contributed by atoms with Crippen molar-refractivity contribution in [2.75, 3.05) is 20.8 Å². The molecule has 0 saturated carbocycles. The zero-order valence-corrected chi connectivity index (χ0v) is 17.1. The van der Waals surface area contributed by atoms with E-state index in [1.165, 1.54) is 0 Å². The maximum atomic E-state index is 12.1. The van der Waals surface area contributed by atoms with Crippen molar-refractivity contribution in [3.05, 3.63) is 66.6 Å². The van der Waals surface area contributed by atoms with E-state index in [9.17, 15) is 4.79 Å². The lowest BCUT2D eigenvalue weighted by Gasteiger charge is -2.07. The number of carbonyl (C=O) groups excluding carboxylic acids is 1. The zero-order valence-electron chi connectivity index (χ0n) is 17.1. The Balaban J connectivity index is 1.32. The second-order valence-corrected chi connectivity index (χ2v) is 6.66. The lowest BCUT2D eigenvalue weighted by molar-refractivity contribution is -0.123. The summed E-state index contributed by atoms with van der Waals surface area (Å²) in [5.41, 5.74) is 0.707. The van der Waals surface area contributed by atoms with Crippen LogP contribution < -0.4 is 19.5 Å². The number of benzene rings is 3. The van der Waals surface area contributed by atoms with Crippen LogP contribution in [0.15, 0.2) is 65.2 Å². The van der Waals surface area contributed by atoms with Gasteiger partial charge in [-0.25, -0.2) is 0 Å². The SMILES string of the molecule is COc1ccc(-c2noc(CNC(=O)COc3ccc4ccccc4c3)n2)cc1OC. The molecule has 0 atom stereocenters. The summed E-state index contributed by atoms with van der Waals surface area (Å²) in [4.78, 5) is 16.4. The van der Waals surface area contributed by atoms with Gasteiger partial charge in [0.15, 0.2) is 18.1 Å². The number of fused-ring (bicyclic) bond motifs is 1. The van der Waals surface area contributed by atoms with Crippen molar-refractivity contribution >= 4 is 16.7 Å². The first-order chi connectivity index (χ1) is 15.2. The number of carbonyl (C=O) groups is 1. The number of methoxy groups -OCH3 is 2. The molecule has 0 saturated heterocycles. The first-order valence-electron chi connectivity index (χ1n) is 9.59. The van der Waals surface area contributed by atoms with Crippen LogP contribution in [0, 0.1) is 0 Å². The van der Waals surface area contributed by atoms with Crippen LogP contribution >= 0.6 is 0 Å². The van der Waals surface area contributed by atoms with Crippen LogP contribution in [-0.2, 0) is 11.3 Å². The van der Waals surface area contributed by atoms with Gasteiger partial charge in [0, 0.05) is 5.56 Å². The molecule has 8 nitrogen and oxygen atoms in total. The van der Waals surface area contributed by atoms with E-state index >= 15 is 0 Å². The third kappa shape index (κ3) is 4.75. The highest BCUT2D eigenvalue weighted by molar-refractivity contribution is 5.84. The number of nitrogens with one attached hydrogen (secondary N) is 1. The Morgan fingerprint density at radius 3 is 2.58 bits per heavy atom. The van der Waals surface area contributed by atoms with Crippen LogP contribution in [-0.4, -0.2) is 36.9 Å². The molecule has 0 aliphatic carbocycles. The summed E-state index contributed by atoms with van der Waals surface area (Å²) >= 11 is 0. The Bertz CT molecular complexity index is 1200. The van der Waals surface area contributed by atoms with Crippen LogP contribution in [0.2, 0.25) is 0 Å². The number of amides is 1. The van der Waals surface area contributed by atoms with Crippen LogP contribution in [0.4, 0.5) is 0 Å². The lowest BCUT2D eigenvalue weighted by Crippen LogP contribution is -2.28. The van der Waals surface area contributed by atoms with E-state index in [0.29, 0.717) is 28.6 Å². The number of hydrogen-bond acceptors (Lipinski definition) is 7. The van der Waals surface area contributed by atoms with E-state index in [2.05, 4.69) is 15.5 Å². The van der Waals surface area contributed by atoms with E-state index in [4.69, 9.17) is 18.7 Å². The number of aromatic nitrogens is 2. The van der Waals surface area contributed by atoms with E-state index in [0.717, 1.165) is 10.8 Å². The average Bonchev–Trinajstić information content (AvgIpc) is 3.30. The molecule has 8 heteroatoms. The number of rotatable bonds is 8. The summed E-state index contributed by atoms with van der Waals surface area (Å²) in [7, 11) is 3.12. The molecular weight excluding hydrogens is 398 g/mol. The Morgan fingerprint density at radius 1 is 0.968 bits per heavy atom. The molecule has 0 bridgehead atoms. The van der Waals surface area contributed by atoms with Gasteiger partial charge in [-0.1, -0.05) is 35.5 Å². The molecule has 1 amide bonds. The highest BCUT2D eigenvalue weighted by Crippen LogP contribution is 2.31. The van der Waals surface area contributed by atoms with Crippen molar-refractivity contribution < 1.29 is 23.5 Å². The first kappa shape index (κ1) is 20.2. The minimum atomic E-state index is -0.293. The van der Waals surface area contributed by atoms with Crippen molar-refractivity contribution in [3.8, 4) is 28.6 Å². The summed E-state index contributed by atoms with van der Waals surface area (Å²) in [6.07, 6.45) is 0. The fourth-order valence-corrected chi connectivity index (χ4v) is 3.05. The fraction of sp³-hybridized carbons (Fsp3) is 0.174. The van der Waals surface area contributed by atoms with Gasteiger partial charge < -0.3 is 24.1 Å². The molecule has 31 heavy (non-hydrogen) atoms. The average molecular weight is 419 g/mol. The van der Waals surface area contributed by atoms with Crippen molar-refractivity contribution in [3.63, 3.8) is 0 Å². The molecule has 3 aromatic carbocycles. The predicted molar refractivity (Wildman–Crippen MR) is 114 cm³/mol. The summed E-state index contributed by atoms with van der Waals surface area (Å²) in [6, 6.07) is 18.9. The Morgan fingerprint density at radius 2 is 1.77 bits per heavy atom. The van der Waals surface area contributed by atoms with E-state index in [1.807, 2.05) is 42.5 Å². The summed E-state index contributed by atoms with van der Waals surface area (Å²) in [6.45, 7) is -0.0186. The Hall–Kier alpha value is -4.07. The number of ether oxygens (including phenoxy) is 3. The highest BCUT2D eigenvalue weighted by Gasteiger charge is 2.13. The molecule has 158 valence electrons. The molecule has 4 rings (SSSR count). The van der Waals surface area contributed by atoms with Crippen molar-refractivity contribution in [2.45, 2.75) is 6.54 Å². The van der Waals surface area contributed by atoms with Crippen LogP contribution in [0.3, 0.4) is 0 Å². The molecule has 1 heterocycles. The predicted octanol–water partition coefficient (Wildman–Crippen LogP) is 3.60. The summed E-state index contributed by atoms with van der Waals surface area (Å²) in [5.74, 6) is 2.17. The third-order valence-corrected chi connectivity index (χ3v) is 4.64. The second kappa shape index (κ2) is 9.17. The lowest BCUT2D eigenvalue weighted by atomic mass is 10.1. The molecule has 0 radical (unpaired) electrons. The monoisotopic (exact) mass is 419 g/mol. The summed E-state index contributed by atoms with van der Waals surface area (Å²) in [5, 5.41) is 8.82. The van der Waals surface area contributed by atoms with Crippen molar-refractivity contribution in [2.24, 2.45) is 0 Å². The quantitative estimate of drug-likeness (QED) is 0.466. The minimum Gasteiger partial charge on any atom is -0.493 e. The molecule has 0 aliphatic rings.